The van der Waals surface area contributed by atoms with E-state index in [9.17, 15) is 0 Å². The Bertz CT molecular complexity index is 376. The maximum absolute atomic E-state index is 5.51. The minimum atomic E-state index is 0.315. The third kappa shape index (κ3) is 4.64. The molecule has 3 nitrogen and oxygen atoms in total. The van der Waals surface area contributed by atoms with Gasteiger partial charge in [-0.15, -0.1) is 0 Å². The van der Waals surface area contributed by atoms with Gasteiger partial charge in [0.05, 0.1) is 12.8 Å². The summed E-state index contributed by atoms with van der Waals surface area (Å²) in [5.41, 5.74) is 0.315. The Morgan fingerprint density at radius 2 is 2.15 bits per heavy atom. The molecule has 114 valence electrons. The Hall–Kier alpha value is -0.800. The second kappa shape index (κ2) is 6.77. The second-order valence-corrected chi connectivity index (χ2v) is 7.05. The Labute approximate surface area is 123 Å². The fourth-order valence-electron chi connectivity index (χ4n) is 2.82. The summed E-state index contributed by atoms with van der Waals surface area (Å²) < 4.78 is 5.51. The van der Waals surface area contributed by atoms with E-state index in [1.807, 2.05) is 6.07 Å². The molecular formula is C17H30N2O. The third-order valence-corrected chi connectivity index (χ3v) is 4.20. The molecule has 0 bridgehead atoms. The first-order valence-electron chi connectivity index (χ1n) is 8.00. The number of hydrogen-bond donors (Lipinski definition) is 1. The summed E-state index contributed by atoms with van der Waals surface area (Å²) >= 11 is 0. The predicted octanol–water partition coefficient (Wildman–Crippen LogP) is 3.66. The molecule has 0 aliphatic heterocycles. The van der Waals surface area contributed by atoms with Crippen LogP contribution in [0.4, 0.5) is 0 Å². The van der Waals surface area contributed by atoms with Gasteiger partial charge in [0.25, 0.3) is 0 Å². The summed E-state index contributed by atoms with van der Waals surface area (Å²) in [6.07, 6.45) is 5.68. The van der Waals surface area contributed by atoms with Crippen molar-refractivity contribution in [3.63, 3.8) is 0 Å². The highest BCUT2D eigenvalue weighted by molar-refractivity contribution is 5.00. The molecule has 0 saturated heterocycles. The van der Waals surface area contributed by atoms with Crippen molar-refractivity contribution in [3.8, 4) is 0 Å². The maximum atomic E-state index is 5.51. The predicted molar refractivity (Wildman–Crippen MR) is 83.7 cm³/mol. The van der Waals surface area contributed by atoms with Gasteiger partial charge in [-0.05, 0) is 43.4 Å². The first-order chi connectivity index (χ1) is 9.50. The van der Waals surface area contributed by atoms with Gasteiger partial charge >= 0.3 is 0 Å². The van der Waals surface area contributed by atoms with Crippen LogP contribution in [0.15, 0.2) is 22.8 Å². The maximum Gasteiger partial charge on any atom is 0.117 e. The van der Waals surface area contributed by atoms with E-state index in [0.717, 1.165) is 31.4 Å². The van der Waals surface area contributed by atoms with E-state index in [4.69, 9.17) is 4.42 Å². The summed E-state index contributed by atoms with van der Waals surface area (Å²) in [4.78, 5) is 2.59. The Morgan fingerprint density at radius 1 is 1.40 bits per heavy atom. The zero-order valence-corrected chi connectivity index (χ0v) is 13.5. The number of hydrogen-bond acceptors (Lipinski definition) is 3. The van der Waals surface area contributed by atoms with E-state index >= 15 is 0 Å². The van der Waals surface area contributed by atoms with Crippen LogP contribution in [-0.4, -0.2) is 30.1 Å². The summed E-state index contributed by atoms with van der Waals surface area (Å²) in [5, 5.41) is 3.65. The van der Waals surface area contributed by atoms with Crippen LogP contribution in [-0.2, 0) is 6.54 Å². The van der Waals surface area contributed by atoms with Gasteiger partial charge in [-0.2, -0.15) is 0 Å². The van der Waals surface area contributed by atoms with Crippen LogP contribution in [0.1, 0.15) is 52.7 Å². The molecule has 1 aromatic rings. The first kappa shape index (κ1) is 15.6. The van der Waals surface area contributed by atoms with Gasteiger partial charge in [0, 0.05) is 18.6 Å². The first-order valence-corrected chi connectivity index (χ1v) is 8.00. The topological polar surface area (TPSA) is 28.4 Å². The van der Waals surface area contributed by atoms with Gasteiger partial charge in [-0.1, -0.05) is 27.7 Å². The molecule has 1 heterocycles. The van der Waals surface area contributed by atoms with Crippen molar-refractivity contribution < 1.29 is 4.42 Å². The number of rotatable bonds is 8. The molecule has 3 heteroatoms. The van der Waals surface area contributed by atoms with Crippen LogP contribution >= 0.6 is 0 Å². The molecule has 0 spiro atoms. The highest BCUT2D eigenvalue weighted by Gasteiger charge is 2.31. The quantitative estimate of drug-likeness (QED) is 0.786. The average molecular weight is 278 g/mol. The fraction of sp³-hybridized carbons (Fsp3) is 0.765. The highest BCUT2D eigenvalue weighted by Crippen LogP contribution is 2.30. The molecule has 1 unspecified atom stereocenters. The molecule has 20 heavy (non-hydrogen) atoms. The Morgan fingerprint density at radius 3 is 2.65 bits per heavy atom. The minimum absolute atomic E-state index is 0.315. The summed E-state index contributed by atoms with van der Waals surface area (Å²) in [7, 11) is 0. The van der Waals surface area contributed by atoms with E-state index in [0.29, 0.717) is 11.5 Å². The Kier molecular flexibility index (Phi) is 5.28. The van der Waals surface area contributed by atoms with Gasteiger partial charge in [0.15, 0.2) is 0 Å². The van der Waals surface area contributed by atoms with Crippen LogP contribution < -0.4 is 5.32 Å². The van der Waals surface area contributed by atoms with Crippen LogP contribution in [0, 0.1) is 5.41 Å². The van der Waals surface area contributed by atoms with Gasteiger partial charge in [0.1, 0.15) is 5.76 Å². The third-order valence-electron chi connectivity index (χ3n) is 4.20. The van der Waals surface area contributed by atoms with Crippen LogP contribution in [0.5, 0.6) is 0 Å². The lowest BCUT2D eigenvalue weighted by atomic mass is 9.84. The lowest BCUT2D eigenvalue weighted by Gasteiger charge is -2.33. The van der Waals surface area contributed by atoms with Crippen molar-refractivity contribution in [2.75, 3.05) is 13.1 Å². The lowest BCUT2D eigenvalue weighted by Crippen LogP contribution is -2.43. The van der Waals surface area contributed by atoms with Crippen molar-refractivity contribution in [1.29, 1.82) is 0 Å². The van der Waals surface area contributed by atoms with Gasteiger partial charge in [0.2, 0.25) is 0 Å². The largest absolute Gasteiger partial charge is 0.468 e. The van der Waals surface area contributed by atoms with E-state index in [2.05, 4.69) is 44.0 Å². The van der Waals surface area contributed by atoms with Crippen molar-refractivity contribution in [1.82, 2.24) is 10.2 Å². The zero-order valence-electron chi connectivity index (χ0n) is 13.5. The molecule has 0 radical (unpaired) electrons. The monoisotopic (exact) mass is 278 g/mol. The number of nitrogens with one attached hydrogen (secondary N) is 1. The fourth-order valence-corrected chi connectivity index (χ4v) is 2.82. The highest BCUT2D eigenvalue weighted by atomic mass is 16.3. The summed E-state index contributed by atoms with van der Waals surface area (Å²) in [5.74, 6) is 1.09. The van der Waals surface area contributed by atoms with Crippen LogP contribution in [0.3, 0.4) is 0 Å². The molecule has 1 fully saturated rings. The molecule has 0 aromatic carbocycles. The van der Waals surface area contributed by atoms with Crippen LogP contribution in [0.25, 0.3) is 0 Å². The van der Waals surface area contributed by atoms with E-state index in [-0.39, 0.29) is 0 Å². The average Bonchev–Trinajstić information content (AvgIpc) is 3.09. The molecule has 1 aliphatic rings. The van der Waals surface area contributed by atoms with E-state index < -0.39 is 0 Å². The second-order valence-electron chi connectivity index (χ2n) is 7.05. The smallest absolute Gasteiger partial charge is 0.117 e. The molecule has 1 aliphatic carbocycles. The molecule has 1 aromatic heterocycles. The van der Waals surface area contributed by atoms with Gasteiger partial charge < -0.3 is 9.73 Å². The van der Waals surface area contributed by atoms with Gasteiger partial charge in [-0.25, -0.2) is 0 Å². The molecule has 1 saturated carbocycles. The van der Waals surface area contributed by atoms with Crippen molar-refractivity contribution in [2.45, 2.75) is 65.6 Å². The molecular weight excluding hydrogens is 248 g/mol. The van der Waals surface area contributed by atoms with Crippen molar-refractivity contribution in [2.24, 2.45) is 5.41 Å². The van der Waals surface area contributed by atoms with Gasteiger partial charge in [-0.3, -0.25) is 4.90 Å². The standard InChI is InChI=1S/C17H30N2O/c1-5-18-16(17(2,3)4)10-11-19(14-8-9-14)13-15-7-6-12-20-15/h6-7,12,14,16,18H,5,8-11,13H2,1-4H3. The zero-order chi connectivity index (χ0) is 14.6. The molecule has 1 N–H and O–H groups in total. The molecule has 0 amide bonds. The number of nitrogens with zero attached hydrogens (tertiary/aromatic N) is 1. The van der Waals surface area contributed by atoms with Crippen molar-refractivity contribution >= 4 is 0 Å². The van der Waals surface area contributed by atoms with E-state index in [1.165, 1.54) is 19.3 Å². The summed E-state index contributed by atoms with van der Waals surface area (Å²) in [6.45, 7) is 12.3. The van der Waals surface area contributed by atoms with Crippen molar-refractivity contribution in [3.05, 3.63) is 24.2 Å². The SMILES string of the molecule is CCNC(CCN(Cc1ccco1)C1CC1)C(C)(C)C. The molecule has 2 rings (SSSR count). The minimum Gasteiger partial charge on any atom is -0.468 e. The van der Waals surface area contributed by atoms with E-state index in [1.54, 1.807) is 6.26 Å². The normalized spacial score (nSPS) is 17.6. The van der Waals surface area contributed by atoms with Crippen LogP contribution in [0.2, 0.25) is 0 Å². The summed E-state index contributed by atoms with van der Waals surface area (Å²) in [6, 6.07) is 5.42. The lowest BCUT2D eigenvalue weighted by molar-refractivity contribution is 0.186. The molecule has 1 atom stereocenters. The Balaban J connectivity index is 1.87. The number of furan rings is 1.